The Labute approximate surface area is 186 Å². The minimum absolute atomic E-state index is 0.272. The zero-order valence-corrected chi connectivity index (χ0v) is 18.7. The van der Waals surface area contributed by atoms with E-state index in [0.717, 1.165) is 31.3 Å². The third kappa shape index (κ3) is 4.28. The molecule has 0 atom stereocenters. The summed E-state index contributed by atoms with van der Waals surface area (Å²) < 4.78 is 1.15. The number of thioether (sulfide) groups is 1. The van der Waals surface area contributed by atoms with Crippen molar-refractivity contribution in [2.24, 2.45) is 0 Å². The van der Waals surface area contributed by atoms with Crippen molar-refractivity contribution < 1.29 is 4.79 Å². The number of fused-ring (bicyclic) bond motifs is 1. The van der Waals surface area contributed by atoms with Crippen molar-refractivity contribution in [1.29, 1.82) is 0 Å². The number of aromatic nitrogens is 2. The molecule has 0 radical (unpaired) electrons. The summed E-state index contributed by atoms with van der Waals surface area (Å²) in [6, 6.07) is 15.0. The maximum absolute atomic E-state index is 12.7. The molecule has 2 aromatic heterocycles. The Hall–Kier alpha value is -2.61. The SMILES string of the molecule is Cc1sc2ncn(NC(=O)c3ccc(CSc4ccc(Cl)cc4)cc3)c(=O)c2c1C. The van der Waals surface area contributed by atoms with Gasteiger partial charge in [0.1, 0.15) is 11.2 Å². The molecule has 4 aromatic rings. The van der Waals surface area contributed by atoms with Crippen LogP contribution in [0.1, 0.15) is 26.4 Å². The highest BCUT2D eigenvalue weighted by molar-refractivity contribution is 7.98. The number of carbonyl (C=O) groups excluding carboxylic acids is 1. The van der Waals surface area contributed by atoms with Gasteiger partial charge in [0, 0.05) is 26.1 Å². The molecule has 0 aliphatic heterocycles. The standard InChI is InChI=1S/C22H18ClN3O2S2/c1-13-14(2)30-21-19(13)22(28)26(12-24-21)25-20(27)16-5-3-15(4-6-16)11-29-18-9-7-17(23)8-10-18/h3-10,12H,11H2,1-2H3,(H,25,27). The molecule has 0 spiro atoms. The van der Waals surface area contributed by atoms with E-state index in [4.69, 9.17) is 11.6 Å². The predicted molar refractivity (Wildman–Crippen MR) is 125 cm³/mol. The van der Waals surface area contributed by atoms with E-state index in [2.05, 4.69) is 10.4 Å². The lowest BCUT2D eigenvalue weighted by atomic mass is 10.1. The molecular weight excluding hydrogens is 438 g/mol. The molecule has 2 heterocycles. The van der Waals surface area contributed by atoms with E-state index in [9.17, 15) is 9.59 Å². The molecule has 30 heavy (non-hydrogen) atoms. The number of benzene rings is 2. The average molecular weight is 456 g/mol. The minimum Gasteiger partial charge on any atom is -0.267 e. The molecular formula is C22H18ClN3O2S2. The molecule has 2 aromatic carbocycles. The van der Waals surface area contributed by atoms with Crippen molar-refractivity contribution >= 4 is 50.8 Å². The van der Waals surface area contributed by atoms with Crippen molar-refractivity contribution in [3.05, 3.63) is 91.8 Å². The number of carbonyl (C=O) groups is 1. The largest absolute Gasteiger partial charge is 0.281 e. The summed E-state index contributed by atoms with van der Waals surface area (Å²) in [5.74, 6) is 0.417. The van der Waals surface area contributed by atoms with Crippen LogP contribution in [0.3, 0.4) is 0 Å². The lowest BCUT2D eigenvalue weighted by Gasteiger charge is -2.08. The minimum atomic E-state index is -0.361. The third-order valence-electron chi connectivity index (χ3n) is 4.75. The van der Waals surface area contributed by atoms with Crippen LogP contribution in [-0.4, -0.2) is 15.6 Å². The van der Waals surface area contributed by atoms with Gasteiger partial charge in [-0.1, -0.05) is 23.7 Å². The number of amides is 1. The van der Waals surface area contributed by atoms with E-state index in [1.807, 2.05) is 50.2 Å². The van der Waals surface area contributed by atoms with Gasteiger partial charge in [0.05, 0.1) is 5.39 Å². The fourth-order valence-electron chi connectivity index (χ4n) is 2.94. The number of halogens is 1. The maximum Gasteiger partial charge on any atom is 0.281 e. The lowest BCUT2D eigenvalue weighted by Crippen LogP contribution is -2.33. The summed E-state index contributed by atoms with van der Waals surface area (Å²) in [5.41, 5.74) is 4.82. The van der Waals surface area contributed by atoms with Gasteiger partial charge < -0.3 is 0 Å². The molecule has 8 heteroatoms. The molecule has 1 amide bonds. The van der Waals surface area contributed by atoms with Crippen LogP contribution in [0.15, 0.2) is 64.5 Å². The summed E-state index contributed by atoms with van der Waals surface area (Å²) in [5, 5.41) is 1.27. The summed E-state index contributed by atoms with van der Waals surface area (Å²) in [4.78, 5) is 32.5. The normalized spacial score (nSPS) is 11.0. The number of rotatable bonds is 5. The first-order valence-electron chi connectivity index (χ1n) is 9.18. The monoisotopic (exact) mass is 455 g/mol. The van der Waals surface area contributed by atoms with Gasteiger partial charge in [-0.15, -0.1) is 23.1 Å². The van der Waals surface area contributed by atoms with Crippen LogP contribution >= 0.6 is 34.7 Å². The third-order valence-corrected chi connectivity index (χ3v) is 7.20. The number of hydrogen-bond donors (Lipinski definition) is 1. The molecule has 0 bridgehead atoms. The number of aryl methyl sites for hydroxylation is 2. The quantitative estimate of drug-likeness (QED) is 0.409. The highest BCUT2D eigenvalue weighted by Gasteiger charge is 2.14. The smallest absolute Gasteiger partial charge is 0.267 e. The van der Waals surface area contributed by atoms with Crippen LogP contribution in [0, 0.1) is 13.8 Å². The van der Waals surface area contributed by atoms with Crippen LogP contribution in [0.4, 0.5) is 0 Å². The van der Waals surface area contributed by atoms with Gasteiger partial charge >= 0.3 is 0 Å². The summed E-state index contributed by atoms with van der Waals surface area (Å²) in [6.45, 7) is 3.85. The second kappa shape index (κ2) is 8.63. The van der Waals surface area contributed by atoms with Gasteiger partial charge in [-0.2, -0.15) is 0 Å². The Balaban J connectivity index is 1.45. The molecule has 152 valence electrons. The van der Waals surface area contributed by atoms with Gasteiger partial charge in [-0.3, -0.25) is 15.0 Å². The number of nitrogens with one attached hydrogen (secondary N) is 1. The van der Waals surface area contributed by atoms with E-state index in [1.165, 1.54) is 17.7 Å². The van der Waals surface area contributed by atoms with Crippen molar-refractivity contribution in [3.63, 3.8) is 0 Å². The second-order valence-corrected chi connectivity index (χ2v) is 9.45. The topological polar surface area (TPSA) is 64.0 Å². The molecule has 0 aliphatic carbocycles. The molecule has 1 N–H and O–H groups in total. The van der Waals surface area contributed by atoms with Gasteiger partial charge in [0.25, 0.3) is 11.5 Å². The first-order chi connectivity index (χ1) is 14.4. The van der Waals surface area contributed by atoms with Crippen LogP contribution in [0.5, 0.6) is 0 Å². The predicted octanol–water partition coefficient (Wildman–Crippen LogP) is 5.40. The Bertz CT molecular complexity index is 1280. The first-order valence-corrected chi connectivity index (χ1v) is 11.4. The van der Waals surface area contributed by atoms with Crippen LogP contribution in [0.2, 0.25) is 5.02 Å². The van der Waals surface area contributed by atoms with Gasteiger partial charge in [-0.05, 0) is 61.4 Å². The first kappa shape index (κ1) is 20.7. The van der Waals surface area contributed by atoms with Crippen LogP contribution in [0.25, 0.3) is 10.2 Å². The fraction of sp³-hybridized carbons (Fsp3) is 0.136. The van der Waals surface area contributed by atoms with E-state index in [1.54, 1.807) is 23.9 Å². The lowest BCUT2D eigenvalue weighted by molar-refractivity contribution is 0.101. The van der Waals surface area contributed by atoms with E-state index in [-0.39, 0.29) is 11.5 Å². The summed E-state index contributed by atoms with van der Waals surface area (Å²) in [6.07, 6.45) is 1.36. The Morgan fingerprint density at radius 3 is 2.53 bits per heavy atom. The molecule has 0 unspecified atom stereocenters. The Morgan fingerprint density at radius 1 is 1.13 bits per heavy atom. The average Bonchev–Trinajstić information content (AvgIpc) is 3.04. The highest BCUT2D eigenvalue weighted by atomic mass is 35.5. The second-order valence-electron chi connectivity index (χ2n) is 6.76. The van der Waals surface area contributed by atoms with Crippen molar-refractivity contribution in [2.45, 2.75) is 24.5 Å². The van der Waals surface area contributed by atoms with Gasteiger partial charge in [0.2, 0.25) is 0 Å². The zero-order chi connectivity index (χ0) is 21.3. The van der Waals surface area contributed by atoms with E-state index >= 15 is 0 Å². The van der Waals surface area contributed by atoms with Crippen molar-refractivity contribution in [3.8, 4) is 0 Å². The Morgan fingerprint density at radius 2 is 1.83 bits per heavy atom. The molecule has 0 aliphatic rings. The van der Waals surface area contributed by atoms with Crippen molar-refractivity contribution in [2.75, 3.05) is 5.43 Å². The number of hydrogen-bond acceptors (Lipinski definition) is 5. The summed E-state index contributed by atoms with van der Waals surface area (Å²) >= 11 is 9.08. The van der Waals surface area contributed by atoms with E-state index < -0.39 is 0 Å². The molecule has 4 rings (SSSR count). The van der Waals surface area contributed by atoms with Crippen LogP contribution in [-0.2, 0) is 5.75 Å². The van der Waals surface area contributed by atoms with E-state index in [0.29, 0.717) is 20.8 Å². The molecule has 0 saturated heterocycles. The Kier molecular flexibility index (Phi) is 5.94. The molecule has 5 nitrogen and oxygen atoms in total. The molecule has 0 saturated carbocycles. The van der Waals surface area contributed by atoms with Crippen molar-refractivity contribution in [1.82, 2.24) is 9.66 Å². The fourth-order valence-corrected chi connectivity index (χ4v) is 4.91. The number of thiophene rings is 1. The zero-order valence-electron chi connectivity index (χ0n) is 16.3. The number of nitrogens with zero attached hydrogens (tertiary/aromatic N) is 2. The van der Waals surface area contributed by atoms with Gasteiger partial charge in [0.15, 0.2) is 0 Å². The molecule has 0 fully saturated rings. The maximum atomic E-state index is 12.7. The van der Waals surface area contributed by atoms with Crippen LogP contribution < -0.4 is 11.0 Å². The van der Waals surface area contributed by atoms with Gasteiger partial charge in [-0.25, -0.2) is 9.66 Å². The summed E-state index contributed by atoms with van der Waals surface area (Å²) in [7, 11) is 0. The highest BCUT2D eigenvalue weighted by Crippen LogP contribution is 2.26.